The third-order valence-electron chi connectivity index (χ3n) is 3.02. The van der Waals surface area contributed by atoms with Crippen LogP contribution in [0.3, 0.4) is 0 Å². The fraction of sp³-hybridized carbons (Fsp3) is 0.176. The van der Waals surface area contributed by atoms with E-state index >= 15 is 0 Å². The molecule has 23 heavy (non-hydrogen) atoms. The highest BCUT2D eigenvalue weighted by Gasteiger charge is 2.11. The van der Waals surface area contributed by atoms with Crippen molar-refractivity contribution in [3.05, 3.63) is 63.3 Å². The van der Waals surface area contributed by atoms with E-state index in [0.717, 1.165) is 10.4 Å². The monoisotopic (exact) mass is 349 g/mol. The zero-order valence-corrected chi connectivity index (χ0v) is 14.1. The van der Waals surface area contributed by atoms with Gasteiger partial charge in [0.1, 0.15) is 0 Å². The number of carbonyl (C=O) groups is 2. The quantitative estimate of drug-likeness (QED) is 0.637. The fourth-order valence-corrected chi connectivity index (χ4v) is 2.58. The summed E-state index contributed by atoms with van der Waals surface area (Å²) in [6, 6.07) is 10.8. The van der Waals surface area contributed by atoms with Gasteiger partial charge in [0.15, 0.2) is 6.61 Å². The Morgan fingerprint density at radius 1 is 1.30 bits per heavy atom. The number of nitrogens with one attached hydrogen (secondary N) is 1. The van der Waals surface area contributed by atoms with E-state index in [1.807, 2.05) is 36.6 Å². The smallest absolute Gasteiger partial charge is 0.331 e. The first kappa shape index (κ1) is 17.2. The van der Waals surface area contributed by atoms with Crippen LogP contribution in [-0.2, 0) is 14.3 Å². The van der Waals surface area contributed by atoms with Crippen molar-refractivity contribution in [1.29, 1.82) is 0 Å². The van der Waals surface area contributed by atoms with Crippen molar-refractivity contribution in [2.75, 3.05) is 6.61 Å². The van der Waals surface area contributed by atoms with Gasteiger partial charge < -0.3 is 10.1 Å². The summed E-state index contributed by atoms with van der Waals surface area (Å²) >= 11 is 7.34. The first-order valence-electron chi connectivity index (χ1n) is 6.98. The minimum absolute atomic E-state index is 0.194. The molecule has 1 amide bonds. The second-order valence-corrected chi connectivity index (χ2v) is 6.21. The Hall–Kier alpha value is -2.11. The third kappa shape index (κ3) is 5.88. The molecule has 2 aromatic rings. The number of hydrogen-bond donors (Lipinski definition) is 1. The predicted molar refractivity (Wildman–Crippen MR) is 92.3 cm³/mol. The van der Waals surface area contributed by atoms with Gasteiger partial charge in [-0.3, -0.25) is 4.79 Å². The Bertz CT molecular complexity index is 680. The van der Waals surface area contributed by atoms with Crippen LogP contribution in [0.15, 0.2) is 47.9 Å². The van der Waals surface area contributed by atoms with Crippen LogP contribution in [0, 0.1) is 0 Å². The zero-order valence-electron chi connectivity index (χ0n) is 12.5. The molecule has 1 aromatic carbocycles. The number of benzene rings is 1. The van der Waals surface area contributed by atoms with Gasteiger partial charge in [-0.1, -0.05) is 29.8 Å². The van der Waals surface area contributed by atoms with Gasteiger partial charge in [0.25, 0.3) is 5.91 Å². The normalized spacial score (nSPS) is 12.1. The van der Waals surface area contributed by atoms with Gasteiger partial charge in [-0.25, -0.2) is 4.79 Å². The number of hydrogen-bond acceptors (Lipinski definition) is 4. The van der Waals surface area contributed by atoms with E-state index in [9.17, 15) is 9.59 Å². The lowest BCUT2D eigenvalue weighted by Crippen LogP contribution is -2.30. The van der Waals surface area contributed by atoms with Crippen LogP contribution in [0.4, 0.5) is 0 Å². The van der Waals surface area contributed by atoms with Gasteiger partial charge >= 0.3 is 5.97 Å². The van der Waals surface area contributed by atoms with Crippen LogP contribution >= 0.6 is 22.9 Å². The van der Waals surface area contributed by atoms with E-state index < -0.39 is 5.97 Å². The minimum Gasteiger partial charge on any atom is -0.452 e. The molecule has 2 rings (SSSR count). The van der Waals surface area contributed by atoms with E-state index in [0.29, 0.717) is 5.02 Å². The van der Waals surface area contributed by atoms with Crippen LogP contribution < -0.4 is 5.32 Å². The highest BCUT2D eigenvalue weighted by Crippen LogP contribution is 2.15. The second kappa shape index (κ2) is 8.50. The molecular formula is C17H16ClNO3S. The van der Waals surface area contributed by atoms with Crippen LogP contribution in [0.1, 0.15) is 23.4 Å². The van der Waals surface area contributed by atoms with E-state index in [2.05, 4.69) is 5.32 Å². The van der Waals surface area contributed by atoms with Crippen LogP contribution in [0.25, 0.3) is 6.08 Å². The van der Waals surface area contributed by atoms with Gasteiger partial charge in [-0.2, -0.15) is 0 Å². The van der Waals surface area contributed by atoms with Gasteiger partial charge in [-0.05, 0) is 42.1 Å². The standard InChI is InChI=1S/C17H16ClNO3S/c1-12(13-4-6-14(18)7-5-13)19-16(20)11-22-17(21)9-8-15-3-2-10-23-15/h2-10,12H,11H2,1H3,(H,19,20)/b9-8+/t12-/m1/s1. The summed E-state index contributed by atoms with van der Waals surface area (Å²) in [7, 11) is 0. The third-order valence-corrected chi connectivity index (χ3v) is 4.11. The molecule has 1 aromatic heterocycles. The van der Waals surface area contributed by atoms with E-state index in [1.54, 1.807) is 18.2 Å². The van der Waals surface area contributed by atoms with E-state index in [-0.39, 0.29) is 18.6 Å². The summed E-state index contributed by atoms with van der Waals surface area (Å²) in [6.45, 7) is 1.53. The van der Waals surface area contributed by atoms with Crippen LogP contribution in [0.2, 0.25) is 5.02 Å². The summed E-state index contributed by atoms with van der Waals surface area (Å²) in [5.74, 6) is -0.905. The number of carbonyl (C=O) groups excluding carboxylic acids is 2. The molecule has 4 nitrogen and oxygen atoms in total. The summed E-state index contributed by atoms with van der Waals surface area (Å²) in [5, 5.41) is 5.31. The maximum Gasteiger partial charge on any atom is 0.331 e. The molecule has 0 aliphatic rings. The summed E-state index contributed by atoms with van der Waals surface area (Å²) in [4.78, 5) is 24.3. The molecule has 1 atom stereocenters. The van der Waals surface area contributed by atoms with Crippen molar-refractivity contribution in [2.24, 2.45) is 0 Å². The number of halogens is 1. The lowest BCUT2D eigenvalue weighted by molar-refractivity contribution is -0.144. The summed E-state index contributed by atoms with van der Waals surface area (Å²) in [5.41, 5.74) is 0.923. The van der Waals surface area contributed by atoms with Crippen molar-refractivity contribution < 1.29 is 14.3 Å². The fourth-order valence-electron chi connectivity index (χ4n) is 1.84. The van der Waals surface area contributed by atoms with Crippen LogP contribution in [0.5, 0.6) is 0 Å². The molecule has 0 unspecified atom stereocenters. The Kier molecular flexibility index (Phi) is 6.38. The largest absolute Gasteiger partial charge is 0.452 e. The molecule has 0 aliphatic heterocycles. The Labute approximate surface area is 143 Å². The highest BCUT2D eigenvalue weighted by molar-refractivity contribution is 7.10. The summed E-state index contributed by atoms with van der Waals surface area (Å²) < 4.78 is 4.90. The van der Waals surface area contributed by atoms with Gasteiger partial charge in [0, 0.05) is 16.0 Å². The molecule has 0 spiro atoms. The molecule has 0 fully saturated rings. The first-order chi connectivity index (χ1) is 11.0. The lowest BCUT2D eigenvalue weighted by atomic mass is 10.1. The molecule has 6 heteroatoms. The van der Waals surface area contributed by atoms with Gasteiger partial charge in [0.2, 0.25) is 0 Å². The molecule has 0 saturated carbocycles. The Morgan fingerprint density at radius 2 is 2.04 bits per heavy atom. The molecule has 1 heterocycles. The molecular weight excluding hydrogens is 334 g/mol. The number of amides is 1. The molecule has 0 radical (unpaired) electrons. The molecule has 0 saturated heterocycles. The maximum absolute atomic E-state index is 11.8. The average Bonchev–Trinajstić information content (AvgIpc) is 3.05. The predicted octanol–water partition coefficient (Wildman–Crippen LogP) is 3.84. The van der Waals surface area contributed by atoms with Gasteiger partial charge in [0.05, 0.1) is 6.04 Å². The zero-order chi connectivity index (χ0) is 16.7. The van der Waals surface area contributed by atoms with E-state index in [1.165, 1.54) is 17.4 Å². The van der Waals surface area contributed by atoms with Crippen molar-refractivity contribution in [3.8, 4) is 0 Å². The minimum atomic E-state index is -0.548. The Balaban J connectivity index is 1.76. The Morgan fingerprint density at radius 3 is 2.70 bits per heavy atom. The molecule has 0 aliphatic carbocycles. The maximum atomic E-state index is 11.8. The number of esters is 1. The number of rotatable bonds is 6. The van der Waals surface area contributed by atoms with E-state index in [4.69, 9.17) is 16.3 Å². The number of thiophene rings is 1. The molecule has 0 bridgehead atoms. The van der Waals surface area contributed by atoms with Crippen LogP contribution in [-0.4, -0.2) is 18.5 Å². The van der Waals surface area contributed by atoms with Crippen molar-refractivity contribution in [1.82, 2.24) is 5.32 Å². The molecule has 120 valence electrons. The highest BCUT2D eigenvalue weighted by atomic mass is 35.5. The summed E-state index contributed by atoms with van der Waals surface area (Å²) in [6.07, 6.45) is 2.96. The molecule has 1 N–H and O–H groups in total. The van der Waals surface area contributed by atoms with Gasteiger partial charge in [-0.15, -0.1) is 11.3 Å². The van der Waals surface area contributed by atoms with Crippen molar-refractivity contribution in [3.63, 3.8) is 0 Å². The lowest BCUT2D eigenvalue weighted by Gasteiger charge is -2.14. The van der Waals surface area contributed by atoms with Crippen molar-refractivity contribution in [2.45, 2.75) is 13.0 Å². The first-order valence-corrected chi connectivity index (χ1v) is 8.23. The average molecular weight is 350 g/mol. The van der Waals surface area contributed by atoms with Crippen molar-refractivity contribution >= 4 is 40.9 Å². The SMILES string of the molecule is C[C@@H](NC(=O)COC(=O)/C=C/c1cccs1)c1ccc(Cl)cc1. The second-order valence-electron chi connectivity index (χ2n) is 4.80. The number of ether oxygens (including phenoxy) is 1. The topological polar surface area (TPSA) is 55.4 Å².